The fraction of sp³-hybridized carbons (Fsp3) is 0.750. The Morgan fingerprint density at radius 1 is 1.57 bits per heavy atom. The van der Waals surface area contributed by atoms with Crippen LogP contribution in [-0.2, 0) is 9.53 Å². The molecule has 2 aliphatic rings. The first kappa shape index (κ1) is 9.75. The summed E-state index contributed by atoms with van der Waals surface area (Å²) in [5, 5.41) is 0. The molecule has 0 aromatic carbocycles. The molecule has 0 aromatic heterocycles. The third-order valence-corrected chi connectivity index (χ3v) is 3.77. The number of carbonyl (C=O) groups is 1. The van der Waals surface area contributed by atoms with E-state index in [1.165, 1.54) is 6.42 Å². The number of esters is 1. The van der Waals surface area contributed by atoms with Crippen molar-refractivity contribution < 1.29 is 9.53 Å². The highest BCUT2D eigenvalue weighted by Gasteiger charge is 2.68. The standard InChI is InChI=1S/C12H18O2/c1-5-14-11(13)7(2)9-8-6-12(3,4)10(8)9/h8-10H,2,5-6H2,1,3-4H3/t8-,9+,10-/m0/s1. The Balaban J connectivity index is 1.94. The molecule has 0 amide bonds. The largest absolute Gasteiger partial charge is 0.463 e. The highest BCUT2D eigenvalue weighted by molar-refractivity contribution is 5.89. The predicted molar refractivity (Wildman–Crippen MR) is 54.6 cm³/mol. The Morgan fingerprint density at radius 3 is 2.57 bits per heavy atom. The van der Waals surface area contributed by atoms with E-state index in [1.54, 1.807) is 0 Å². The van der Waals surface area contributed by atoms with Gasteiger partial charge in [-0.25, -0.2) is 4.79 Å². The molecule has 0 N–H and O–H groups in total. The summed E-state index contributed by atoms with van der Waals surface area (Å²) in [4.78, 5) is 11.4. The molecule has 0 spiro atoms. The van der Waals surface area contributed by atoms with Gasteiger partial charge >= 0.3 is 5.97 Å². The topological polar surface area (TPSA) is 26.3 Å². The van der Waals surface area contributed by atoms with Gasteiger partial charge in [0.2, 0.25) is 0 Å². The zero-order valence-electron chi connectivity index (χ0n) is 9.17. The summed E-state index contributed by atoms with van der Waals surface area (Å²) in [6.45, 7) is 10.7. The SMILES string of the molecule is C=C(C(=O)OCC)[C@@H]1[C@@H]2CC(C)(C)[C@@H]21. The maximum atomic E-state index is 11.4. The van der Waals surface area contributed by atoms with Crippen molar-refractivity contribution in [3.8, 4) is 0 Å². The maximum Gasteiger partial charge on any atom is 0.333 e. The molecular formula is C12H18O2. The summed E-state index contributed by atoms with van der Waals surface area (Å²) < 4.78 is 4.96. The summed E-state index contributed by atoms with van der Waals surface area (Å²) in [6.07, 6.45) is 1.24. The number of carbonyl (C=O) groups excluding carboxylic acids is 1. The van der Waals surface area contributed by atoms with Crippen molar-refractivity contribution in [3.63, 3.8) is 0 Å². The Labute approximate surface area is 85.3 Å². The van der Waals surface area contributed by atoms with Crippen molar-refractivity contribution in [2.24, 2.45) is 23.2 Å². The molecule has 0 saturated heterocycles. The van der Waals surface area contributed by atoms with Crippen LogP contribution in [0.5, 0.6) is 0 Å². The lowest BCUT2D eigenvalue weighted by Gasteiger charge is -2.33. The summed E-state index contributed by atoms with van der Waals surface area (Å²) in [6, 6.07) is 0. The van der Waals surface area contributed by atoms with E-state index in [9.17, 15) is 4.79 Å². The van der Waals surface area contributed by atoms with Crippen molar-refractivity contribution in [2.45, 2.75) is 27.2 Å². The van der Waals surface area contributed by atoms with E-state index in [1.807, 2.05) is 6.92 Å². The molecule has 78 valence electrons. The van der Waals surface area contributed by atoms with Gasteiger partial charge in [-0.3, -0.25) is 0 Å². The summed E-state index contributed by atoms with van der Waals surface area (Å²) in [5.41, 5.74) is 1.12. The van der Waals surface area contributed by atoms with Crippen LogP contribution < -0.4 is 0 Å². The summed E-state index contributed by atoms with van der Waals surface area (Å²) >= 11 is 0. The van der Waals surface area contributed by atoms with Crippen molar-refractivity contribution in [3.05, 3.63) is 12.2 Å². The number of ether oxygens (including phenoxy) is 1. The van der Waals surface area contributed by atoms with Crippen molar-refractivity contribution in [1.29, 1.82) is 0 Å². The highest BCUT2D eigenvalue weighted by atomic mass is 16.5. The van der Waals surface area contributed by atoms with Gasteiger partial charge in [-0.2, -0.15) is 0 Å². The molecule has 0 aromatic rings. The molecule has 0 unspecified atom stereocenters. The molecule has 3 atom stereocenters. The number of fused-ring (bicyclic) bond motifs is 1. The summed E-state index contributed by atoms with van der Waals surface area (Å²) in [5.74, 6) is 1.65. The van der Waals surface area contributed by atoms with Crippen LogP contribution in [0.4, 0.5) is 0 Å². The molecule has 0 bridgehead atoms. The van der Waals surface area contributed by atoms with E-state index >= 15 is 0 Å². The van der Waals surface area contributed by atoms with E-state index < -0.39 is 0 Å². The second-order valence-corrected chi connectivity index (χ2v) is 5.15. The zero-order chi connectivity index (χ0) is 10.5. The molecule has 2 heteroatoms. The number of rotatable bonds is 3. The van der Waals surface area contributed by atoms with Gasteiger partial charge in [0.1, 0.15) is 0 Å². The Hall–Kier alpha value is -0.790. The van der Waals surface area contributed by atoms with Crippen molar-refractivity contribution >= 4 is 5.97 Å². The van der Waals surface area contributed by atoms with Gasteiger partial charge in [0.05, 0.1) is 6.61 Å². The molecule has 2 aliphatic carbocycles. The third kappa shape index (κ3) is 1.20. The van der Waals surface area contributed by atoms with Crippen molar-refractivity contribution in [1.82, 2.24) is 0 Å². The minimum atomic E-state index is -0.192. The average Bonchev–Trinajstić information content (AvgIpc) is 2.73. The van der Waals surface area contributed by atoms with E-state index in [0.29, 0.717) is 29.4 Å². The van der Waals surface area contributed by atoms with Crippen LogP contribution in [0.3, 0.4) is 0 Å². The lowest BCUT2D eigenvalue weighted by atomic mass is 9.72. The summed E-state index contributed by atoms with van der Waals surface area (Å²) in [7, 11) is 0. The van der Waals surface area contributed by atoms with Crippen LogP contribution in [0.25, 0.3) is 0 Å². The first-order valence-corrected chi connectivity index (χ1v) is 5.35. The molecule has 14 heavy (non-hydrogen) atoms. The van der Waals surface area contributed by atoms with Gasteiger partial charge in [-0.1, -0.05) is 20.4 Å². The van der Waals surface area contributed by atoms with Crippen molar-refractivity contribution in [2.75, 3.05) is 6.61 Å². The molecular weight excluding hydrogens is 176 g/mol. The molecule has 2 rings (SSSR count). The monoisotopic (exact) mass is 194 g/mol. The minimum Gasteiger partial charge on any atom is -0.463 e. The lowest BCUT2D eigenvalue weighted by molar-refractivity contribution is -0.138. The Kier molecular flexibility index (Phi) is 1.98. The minimum absolute atomic E-state index is 0.192. The Bertz CT molecular complexity index is 291. The van der Waals surface area contributed by atoms with Crippen LogP contribution in [0, 0.1) is 23.2 Å². The van der Waals surface area contributed by atoms with Gasteiger partial charge in [-0.15, -0.1) is 0 Å². The Morgan fingerprint density at radius 2 is 2.21 bits per heavy atom. The van der Waals surface area contributed by atoms with Gasteiger partial charge in [0.25, 0.3) is 0 Å². The quantitative estimate of drug-likeness (QED) is 0.509. The highest BCUT2D eigenvalue weighted by Crippen LogP contribution is 2.72. The molecule has 2 fully saturated rings. The van der Waals surface area contributed by atoms with Crippen LogP contribution >= 0.6 is 0 Å². The van der Waals surface area contributed by atoms with Gasteiger partial charge < -0.3 is 4.74 Å². The van der Waals surface area contributed by atoms with Gasteiger partial charge in [0, 0.05) is 5.57 Å². The first-order valence-electron chi connectivity index (χ1n) is 5.35. The number of hydrogen-bond donors (Lipinski definition) is 0. The van der Waals surface area contributed by atoms with Crippen LogP contribution in [0.2, 0.25) is 0 Å². The maximum absolute atomic E-state index is 11.4. The fourth-order valence-electron chi connectivity index (χ4n) is 3.11. The zero-order valence-corrected chi connectivity index (χ0v) is 9.17. The molecule has 2 saturated carbocycles. The lowest BCUT2D eigenvalue weighted by Crippen LogP contribution is -2.25. The van der Waals surface area contributed by atoms with E-state index in [-0.39, 0.29) is 5.97 Å². The second kappa shape index (κ2) is 2.85. The fourth-order valence-corrected chi connectivity index (χ4v) is 3.11. The molecule has 0 aliphatic heterocycles. The molecule has 0 heterocycles. The van der Waals surface area contributed by atoms with E-state index in [4.69, 9.17) is 4.74 Å². The van der Waals surface area contributed by atoms with E-state index in [0.717, 1.165) is 5.92 Å². The van der Waals surface area contributed by atoms with Gasteiger partial charge in [0.15, 0.2) is 0 Å². The normalized spacial score (nSPS) is 36.6. The number of hydrogen-bond acceptors (Lipinski definition) is 2. The van der Waals surface area contributed by atoms with E-state index in [2.05, 4.69) is 20.4 Å². The first-order chi connectivity index (χ1) is 6.49. The van der Waals surface area contributed by atoms with Crippen LogP contribution in [-0.4, -0.2) is 12.6 Å². The predicted octanol–water partition coefficient (Wildman–Crippen LogP) is 2.40. The van der Waals surface area contributed by atoms with Crippen LogP contribution in [0.1, 0.15) is 27.2 Å². The third-order valence-electron chi connectivity index (χ3n) is 3.77. The molecule has 0 radical (unpaired) electrons. The smallest absolute Gasteiger partial charge is 0.333 e. The second-order valence-electron chi connectivity index (χ2n) is 5.15. The molecule has 2 nitrogen and oxygen atoms in total. The average molecular weight is 194 g/mol. The van der Waals surface area contributed by atoms with Gasteiger partial charge in [-0.05, 0) is 36.5 Å². The van der Waals surface area contributed by atoms with Crippen LogP contribution in [0.15, 0.2) is 12.2 Å².